The Kier molecular flexibility index (Phi) is 8.21. The van der Waals surface area contributed by atoms with Gasteiger partial charge in [-0.05, 0) is 31.9 Å². The average Bonchev–Trinajstić information content (AvgIpc) is 3.04. The highest BCUT2D eigenvalue weighted by Gasteiger charge is 2.33. The normalized spacial score (nSPS) is 19.2. The number of ether oxygens (including phenoxy) is 1. The van der Waals surface area contributed by atoms with Crippen molar-refractivity contribution in [1.29, 1.82) is 0 Å². The fourth-order valence-electron chi connectivity index (χ4n) is 2.58. The van der Waals surface area contributed by atoms with Crippen molar-refractivity contribution in [3.05, 3.63) is 29.8 Å². The van der Waals surface area contributed by atoms with Crippen molar-refractivity contribution in [2.45, 2.75) is 32.0 Å². The van der Waals surface area contributed by atoms with Crippen LogP contribution >= 0.6 is 12.4 Å². The maximum absolute atomic E-state index is 13.5. The summed E-state index contributed by atoms with van der Waals surface area (Å²) in [4.78, 5) is 25.7. The molecular formula is C16H22ClF2N3O3. The van der Waals surface area contributed by atoms with Gasteiger partial charge in [-0.25, -0.2) is 8.78 Å². The third-order valence-electron chi connectivity index (χ3n) is 3.90. The van der Waals surface area contributed by atoms with Crippen LogP contribution in [0.4, 0.5) is 14.5 Å². The van der Waals surface area contributed by atoms with Crippen molar-refractivity contribution in [2.24, 2.45) is 5.73 Å². The highest BCUT2D eigenvalue weighted by atomic mass is 35.5. The number of halogens is 3. The number of rotatable bonds is 6. The highest BCUT2D eigenvalue weighted by Crippen LogP contribution is 2.21. The third-order valence-corrected chi connectivity index (χ3v) is 3.90. The van der Waals surface area contributed by atoms with Crippen LogP contribution in [0.25, 0.3) is 0 Å². The Hall–Kier alpha value is -1.77. The van der Waals surface area contributed by atoms with E-state index in [4.69, 9.17) is 10.5 Å². The number of para-hydroxylation sites is 1. The quantitative estimate of drug-likeness (QED) is 0.790. The van der Waals surface area contributed by atoms with Crippen molar-refractivity contribution in [3.8, 4) is 0 Å². The fraction of sp³-hybridized carbons (Fsp3) is 0.500. The zero-order valence-electron chi connectivity index (χ0n) is 13.8. The molecule has 2 atom stereocenters. The van der Waals surface area contributed by atoms with E-state index in [1.165, 1.54) is 11.0 Å². The predicted octanol–water partition coefficient (Wildman–Crippen LogP) is 1.68. The third kappa shape index (κ3) is 5.35. The highest BCUT2D eigenvalue weighted by molar-refractivity contribution is 5.95. The fourth-order valence-corrected chi connectivity index (χ4v) is 2.58. The number of carbonyl (C=O) groups is 2. The number of likely N-dealkylation sites (N-methyl/N-ethyl adjacent to an activating group) is 1. The number of hydrogen-bond donors (Lipinski definition) is 2. The van der Waals surface area contributed by atoms with Gasteiger partial charge < -0.3 is 20.7 Å². The number of amides is 2. The molecule has 1 heterocycles. The molecule has 1 aliphatic heterocycles. The molecule has 1 aromatic carbocycles. The lowest BCUT2D eigenvalue weighted by Gasteiger charge is -2.23. The first-order valence-corrected chi connectivity index (χ1v) is 7.84. The molecule has 0 radical (unpaired) electrons. The van der Waals surface area contributed by atoms with Crippen molar-refractivity contribution in [1.82, 2.24) is 4.90 Å². The van der Waals surface area contributed by atoms with Crippen LogP contribution in [0, 0.1) is 11.6 Å². The Bertz CT molecular complexity index is 598. The summed E-state index contributed by atoms with van der Waals surface area (Å²) in [6, 6.07) is 3.29. The molecule has 1 aliphatic rings. The second kappa shape index (κ2) is 9.65. The van der Waals surface area contributed by atoms with Gasteiger partial charge in [-0.2, -0.15) is 0 Å². The molecule has 0 saturated carbocycles. The monoisotopic (exact) mass is 377 g/mol. The number of nitrogens with one attached hydrogen (secondary N) is 1. The summed E-state index contributed by atoms with van der Waals surface area (Å²) in [5, 5.41) is 2.17. The van der Waals surface area contributed by atoms with Crippen molar-refractivity contribution in [2.75, 3.05) is 25.0 Å². The van der Waals surface area contributed by atoms with Gasteiger partial charge in [0.15, 0.2) is 0 Å². The first-order valence-electron chi connectivity index (χ1n) is 7.84. The van der Waals surface area contributed by atoms with E-state index >= 15 is 0 Å². The summed E-state index contributed by atoms with van der Waals surface area (Å²) < 4.78 is 32.6. The standard InChI is InChI=1S/C16H21F2N3O3.ClH/c1-2-21(16(23)13-7-6-10(8-19)24-13)9-14(22)20-15-11(17)4-3-5-12(15)18;/h3-5,10,13H,2,6-9,19H2,1H3,(H,20,22);1H/t10-,13+;/m1./s1. The van der Waals surface area contributed by atoms with Gasteiger partial charge in [-0.15, -0.1) is 12.4 Å². The van der Waals surface area contributed by atoms with Gasteiger partial charge in [0.25, 0.3) is 5.91 Å². The molecule has 0 unspecified atom stereocenters. The Labute approximate surface area is 151 Å². The van der Waals surface area contributed by atoms with E-state index in [1.54, 1.807) is 6.92 Å². The Morgan fingerprint density at radius 2 is 1.96 bits per heavy atom. The number of anilines is 1. The molecule has 2 rings (SSSR count). The van der Waals surface area contributed by atoms with Crippen LogP contribution in [0.2, 0.25) is 0 Å². The van der Waals surface area contributed by atoms with E-state index < -0.39 is 29.3 Å². The van der Waals surface area contributed by atoms with Gasteiger partial charge in [0, 0.05) is 13.1 Å². The van der Waals surface area contributed by atoms with Gasteiger partial charge in [0.1, 0.15) is 23.4 Å². The molecule has 0 aromatic heterocycles. The van der Waals surface area contributed by atoms with Crippen molar-refractivity contribution >= 4 is 29.9 Å². The maximum atomic E-state index is 13.5. The van der Waals surface area contributed by atoms with Crippen molar-refractivity contribution in [3.63, 3.8) is 0 Å². The van der Waals surface area contributed by atoms with Gasteiger partial charge in [-0.3, -0.25) is 9.59 Å². The summed E-state index contributed by atoms with van der Waals surface area (Å²) in [7, 11) is 0. The zero-order chi connectivity index (χ0) is 17.7. The van der Waals surface area contributed by atoms with Crippen LogP contribution in [0.15, 0.2) is 18.2 Å². The van der Waals surface area contributed by atoms with E-state index in [9.17, 15) is 18.4 Å². The van der Waals surface area contributed by atoms with E-state index in [0.717, 1.165) is 12.1 Å². The molecule has 6 nitrogen and oxygen atoms in total. The number of nitrogens with zero attached hydrogens (tertiary/aromatic N) is 1. The zero-order valence-corrected chi connectivity index (χ0v) is 14.7. The summed E-state index contributed by atoms with van der Waals surface area (Å²) in [5.74, 6) is -2.74. The van der Waals surface area contributed by atoms with E-state index in [-0.39, 0.29) is 37.5 Å². The van der Waals surface area contributed by atoms with Crippen LogP contribution in [-0.2, 0) is 14.3 Å². The lowest BCUT2D eigenvalue weighted by atomic mass is 10.2. The predicted molar refractivity (Wildman–Crippen MR) is 91.4 cm³/mol. The van der Waals surface area contributed by atoms with E-state index in [0.29, 0.717) is 19.4 Å². The molecule has 25 heavy (non-hydrogen) atoms. The van der Waals surface area contributed by atoms with E-state index in [1.807, 2.05) is 0 Å². The molecule has 1 fully saturated rings. The molecule has 1 aromatic rings. The van der Waals surface area contributed by atoms with E-state index in [2.05, 4.69) is 5.32 Å². The first kappa shape index (κ1) is 21.3. The lowest BCUT2D eigenvalue weighted by molar-refractivity contribution is -0.144. The van der Waals surface area contributed by atoms with Gasteiger partial charge in [0.2, 0.25) is 5.91 Å². The van der Waals surface area contributed by atoms with Gasteiger partial charge >= 0.3 is 0 Å². The second-order valence-corrected chi connectivity index (χ2v) is 5.56. The van der Waals surface area contributed by atoms with Gasteiger partial charge in [-0.1, -0.05) is 6.07 Å². The molecule has 2 amide bonds. The molecule has 0 aliphatic carbocycles. The molecular weight excluding hydrogens is 356 g/mol. The number of carbonyl (C=O) groups excluding carboxylic acids is 2. The average molecular weight is 378 g/mol. The number of nitrogens with two attached hydrogens (primary N) is 1. The van der Waals surface area contributed by atoms with Crippen LogP contribution in [0.5, 0.6) is 0 Å². The molecule has 0 bridgehead atoms. The van der Waals surface area contributed by atoms with Gasteiger partial charge in [0.05, 0.1) is 12.6 Å². The molecule has 0 spiro atoms. The summed E-state index contributed by atoms with van der Waals surface area (Å²) in [6.45, 7) is 2.02. The van der Waals surface area contributed by atoms with Crippen LogP contribution < -0.4 is 11.1 Å². The first-order chi connectivity index (χ1) is 11.5. The molecule has 1 saturated heterocycles. The van der Waals surface area contributed by atoms with Crippen LogP contribution in [0.3, 0.4) is 0 Å². The minimum atomic E-state index is -0.873. The largest absolute Gasteiger partial charge is 0.364 e. The van der Waals surface area contributed by atoms with Crippen LogP contribution in [0.1, 0.15) is 19.8 Å². The SMILES string of the molecule is CCN(CC(=O)Nc1c(F)cccc1F)C(=O)[C@@H]1CC[C@H](CN)O1.Cl. The Morgan fingerprint density at radius 3 is 2.48 bits per heavy atom. The van der Waals surface area contributed by atoms with Crippen LogP contribution in [-0.4, -0.2) is 48.6 Å². The Balaban J connectivity index is 0.00000312. The Morgan fingerprint density at radius 1 is 1.32 bits per heavy atom. The lowest BCUT2D eigenvalue weighted by Crippen LogP contribution is -2.43. The summed E-state index contributed by atoms with van der Waals surface area (Å²) in [5.41, 5.74) is 4.99. The second-order valence-electron chi connectivity index (χ2n) is 5.56. The summed E-state index contributed by atoms with van der Waals surface area (Å²) in [6.07, 6.45) is 0.452. The molecule has 140 valence electrons. The van der Waals surface area contributed by atoms with Crippen molar-refractivity contribution < 1.29 is 23.1 Å². The summed E-state index contributed by atoms with van der Waals surface area (Å²) >= 11 is 0. The topological polar surface area (TPSA) is 84.7 Å². The number of benzene rings is 1. The number of hydrogen-bond acceptors (Lipinski definition) is 4. The minimum absolute atomic E-state index is 0. The smallest absolute Gasteiger partial charge is 0.252 e. The minimum Gasteiger partial charge on any atom is -0.364 e. The molecule has 9 heteroatoms. The maximum Gasteiger partial charge on any atom is 0.252 e. The molecule has 3 N–H and O–H groups in total.